The van der Waals surface area contributed by atoms with Crippen LogP contribution in [0.1, 0.15) is 10.4 Å². The number of carbonyl (C=O) groups is 2. The number of hydrogen-bond acceptors (Lipinski definition) is 4. The zero-order valence-corrected chi connectivity index (χ0v) is 14.7. The zero-order valence-electron chi connectivity index (χ0n) is 12.4. The Bertz CT molecular complexity index is 780. The Hall–Kier alpha value is -1.95. The first kappa shape index (κ1) is 18.4. The van der Waals surface area contributed by atoms with Gasteiger partial charge in [0.15, 0.2) is 6.61 Å². The highest BCUT2D eigenvalue weighted by Crippen LogP contribution is 2.27. The number of anilines is 1. The Morgan fingerprint density at radius 2 is 1.79 bits per heavy atom. The van der Waals surface area contributed by atoms with E-state index in [4.69, 9.17) is 39.5 Å². The fourth-order valence-corrected chi connectivity index (χ4v) is 2.36. The lowest BCUT2D eigenvalue weighted by Gasteiger charge is -2.10. The van der Waals surface area contributed by atoms with Gasteiger partial charge in [-0.3, -0.25) is 4.79 Å². The molecule has 0 fully saturated rings. The molecule has 8 heteroatoms. The van der Waals surface area contributed by atoms with Crippen LogP contribution in [0.4, 0.5) is 5.69 Å². The van der Waals surface area contributed by atoms with E-state index in [9.17, 15) is 9.59 Å². The first-order valence-electron chi connectivity index (χ1n) is 6.66. The molecule has 0 atom stereocenters. The third-order valence-corrected chi connectivity index (χ3v) is 3.77. The number of benzene rings is 2. The summed E-state index contributed by atoms with van der Waals surface area (Å²) in [6.07, 6.45) is 0. The Balaban J connectivity index is 1.99. The molecule has 5 nitrogen and oxygen atoms in total. The average molecular weight is 389 g/mol. The molecule has 0 spiro atoms. The molecule has 1 amide bonds. The summed E-state index contributed by atoms with van der Waals surface area (Å²) >= 11 is 17.8. The molecule has 2 aromatic carbocycles. The van der Waals surface area contributed by atoms with Gasteiger partial charge in [-0.1, -0.05) is 34.8 Å². The van der Waals surface area contributed by atoms with Crippen molar-refractivity contribution in [2.75, 3.05) is 19.0 Å². The summed E-state index contributed by atoms with van der Waals surface area (Å²) in [6.45, 7) is -0.292. The number of nitrogens with one attached hydrogen (secondary N) is 1. The predicted octanol–water partition coefficient (Wildman–Crippen LogP) is 4.45. The minimum Gasteiger partial charge on any atom is -0.482 e. The van der Waals surface area contributed by atoms with Crippen LogP contribution in [0, 0.1) is 0 Å². The van der Waals surface area contributed by atoms with Crippen molar-refractivity contribution in [3.63, 3.8) is 0 Å². The molecule has 0 heterocycles. The summed E-state index contributed by atoms with van der Waals surface area (Å²) < 4.78 is 9.93. The van der Waals surface area contributed by atoms with Crippen molar-refractivity contribution < 1.29 is 19.1 Å². The molecule has 126 valence electrons. The molecule has 0 saturated heterocycles. The lowest BCUT2D eigenvalue weighted by atomic mass is 10.2. The highest BCUT2D eigenvalue weighted by Gasteiger charge is 2.12. The molecule has 0 saturated carbocycles. The fourth-order valence-electron chi connectivity index (χ4n) is 1.79. The molecule has 24 heavy (non-hydrogen) atoms. The maximum absolute atomic E-state index is 11.9. The summed E-state index contributed by atoms with van der Waals surface area (Å²) in [5.74, 6) is -0.694. The van der Waals surface area contributed by atoms with Gasteiger partial charge in [0, 0.05) is 5.02 Å². The Morgan fingerprint density at radius 3 is 2.46 bits per heavy atom. The summed E-state index contributed by atoms with van der Waals surface area (Å²) in [5, 5.41) is 3.57. The van der Waals surface area contributed by atoms with Crippen LogP contribution in [0.3, 0.4) is 0 Å². The van der Waals surface area contributed by atoms with E-state index < -0.39 is 11.9 Å². The minimum atomic E-state index is -0.517. The molecular formula is C16H12Cl3NO4. The van der Waals surface area contributed by atoms with Crippen molar-refractivity contribution in [3.8, 4) is 5.75 Å². The molecule has 0 unspecified atom stereocenters. The summed E-state index contributed by atoms with van der Waals surface area (Å²) in [6, 6.07) is 9.07. The lowest BCUT2D eigenvalue weighted by molar-refractivity contribution is -0.118. The Labute approximate surface area is 153 Å². The molecule has 0 aliphatic rings. The van der Waals surface area contributed by atoms with Crippen molar-refractivity contribution >= 4 is 52.4 Å². The van der Waals surface area contributed by atoms with Crippen molar-refractivity contribution in [1.29, 1.82) is 0 Å². The van der Waals surface area contributed by atoms with Gasteiger partial charge in [0.25, 0.3) is 5.91 Å². The van der Waals surface area contributed by atoms with Crippen LogP contribution in [-0.2, 0) is 9.53 Å². The van der Waals surface area contributed by atoms with E-state index in [0.717, 1.165) is 0 Å². The van der Waals surface area contributed by atoms with Gasteiger partial charge in [-0.15, -0.1) is 0 Å². The van der Waals surface area contributed by atoms with Crippen LogP contribution >= 0.6 is 34.8 Å². The van der Waals surface area contributed by atoms with Crippen molar-refractivity contribution in [2.45, 2.75) is 0 Å². The Morgan fingerprint density at radius 1 is 1.04 bits per heavy atom. The monoisotopic (exact) mass is 387 g/mol. The number of amides is 1. The van der Waals surface area contributed by atoms with Crippen LogP contribution < -0.4 is 10.1 Å². The Kier molecular flexibility index (Phi) is 6.31. The van der Waals surface area contributed by atoms with E-state index >= 15 is 0 Å². The molecule has 0 aliphatic carbocycles. The van der Waals surface area contributed by atoms with Gasteiger partial charge in [0.05, 0.1) is 28.4 Å². The quantitative estimate of drug-likeness (QED) is 0.769. The molecule has 0 aromatic heterocycles. The van der Waals surface area contributed by atoms with Crippen LogP contribution in [0.25, 0.3) is 0 Å². The SMILES string of the molecule is COC(=O)c1ccc(OCC(=O)Nc2cc(Cl)ccc2Cl)c(Cl)c1. The molecule has 1 N–H and O–H groups in total. The van der Waals surface area contributed by atoms with Crippen LogP contribution in [0.5, 0.6) is 5.75 Å². The van der Waals surface area contributed by atoms with Crippen molar-refractivity contribution in [2.24, 2.45) is 0 Å². The third kappa shape index (κ3) is 4.77. The van der Waals surface area contributed by atoms with Gasteiger partial charge in [0.2, 0.25) is 0 Å². The van der Waals surface area contributed by atoms with Crippen molar-refractivity contribution in [1.82, 2.24) is 0 Å². The number of ether oxygens (including phenoxy) is 2. The maximum atomic E-state index is 11.9. The van der Waals surface area contributed by atoms with E-state index in [1.807, 2.05) is 0 Å². The van der Waals surface area contributed by atoms with Gasteiger partial charge in [-0.2, -0.15) is 0 Å². The van der Waals surface area contributed by atoms with Gasteiger partial charge in [-0.05, 0) is 36.4 Å². The van der Waals surface area contributed by atoms with Crippen LogP contribution in [-0.4, -0.2) is 25.6 Å². The van der Waals surface area contributed by atoms with E-state index in [1.54, 1.807) is 12.1 Å². The second-order valence-electron chi connectivity index (χ2n) is 4.60. The number of methoxy groups -OCH3 is 1. The largest absolute Gasteiger partial charge is 0.482 e. The summed E-state index contributed by atoms with van der Waals surface area (Å²) in [5.41, 5.74) is 0.662. The van der Waals surface area contributed by atoms with Gasteiger partial charge in [-0.25, -0.2) is 4.79 Å². The number of esters is 1. The number of halogens is 3. The lowest BCUT2D eigenvalue weighted by Crippen LogP contribution is -2.20. The van der Waals surface area contributed by atoms with E-state index in [-0.39, 0.29) is 22.9 Å². The number of rotatable bonds is 5. The number of hydrogen-bond donors (Lipinski definition) is 1. The highest BCUT2D eigenvalue weighted by molar-refractivity contribution is 6.35. The van der Waals surface area contributed by atoms with Gasteiger partial charge < -0.3 is 14.8 Å². The predicted molar refractivity (Wildman–Crippen MR) is 93.4 cm³/mol. The smallest absolute Gasteiger partial charge is 0.337 e. The molecule has 2 rings (SSSR count). The van der Waals surface area contributed by atoms with E-state index in [1.165, 1.54) is 31.4 Å². The average Bonchev–Trinajstić information content (AvgIpc) is 2.56. The third-order valence-electron chi connectivity index (χ3n) is 2.91. The number of carbonyl (C=O) groups excluding carboxylic acids is 2. The molecule has 2 aromatic rings. The normalized spacial score (nSPS) is 10.2. The molecular weight excluding hydrogens is 377 g/mol. The molecule has 0 aliphatic heterocycles. The first-order valence-corrected chi connectivity index (χ1v) is 7.79. The maximum Gasteiger partial charge on any atom is 0.337 e. The van der Waals surface area contributed by atoms with Gasteiger partial charge >= 0.3 is 5.97 Å². The van der Waals surface area contributed by atoms with E-state index in [0.29, 0.717) is 15.7 Å². The van der Waals surface area contributed by atoms with Crippen molar-refractivity contribution in [3.05, 3.63) is 57.0 Å². The molecule has 0 radical (unpaired) electrons. The molecule has 0 bridgehead atoms. The second kappa shape index (κ2) is 8.24. The minimum absolute atomic E-state index is 0.187. The highest BCUT2D eigenvalue weighted by atomic mass is 35.5. The van der Waals surface area contributed by atoms with Gasteiger partial charge in [0.1, 0.15) is 5.75 Å². The topological polar surface area (TPSA) is 64.6 Å². The zero-order chi connectivity index (χ0) is 17.7. The van der Waals surface area contributed by atoms with Crippen LogP contribution in [0.2, 0.25) is 15.1 Å². The second-order valence-corrected chi connectivity index (χ2v) is 5.85. The first-order chi connectivity index (χ1) is 11.4. The summed E-state index contributed by atoms with van der Waals surface area (Å²) in [7, 11) is 1.27. The summed E-state index contributed by atoms with van der Waals surface area (Å²) in [4.78, 5) is 23.3. The standard InChI is InChI=1S/C16H12Cl3NO4/c1-23-16(22)9-2-5-14(12(19)6-9)24-8-15(21)20-13-7-10(17)3-4-11(13)18/h2-7H,8H2,1H3,(H,20,21). The van der Waals surface area contributed by atoms with Crippen LogP contribution in [0.15, 0.2) is 36.4 Å². The van der Waals surface area contributed by atoms with E-state index in [2.05, 4.69) is 10.1 Å². The fraction of sp³-hybridized carbons (Fsp3) is 0.125.